The summed E-state index contributed by atoms with van der Waals surface area (Å²) < 4.78 is 1.82. The van der Waals surface area contributed by atoms with E-state index in [0.29, 0.717) is 12.0 Å². The van der Waals surface area contributed by atoms with Crippen LogP contribution in [0.5, 0.6) is 0 Å². The normalized spacial score (nSPS) is 19.4. The van der Waals surface area contributed by atoms with Gasteiger partial charge in [0.15, 0.2) is 5.65 Å². The number of aryl methyl sites for hydroxylation is 1. The maximum atomic E-state index is 4.71. The van der Waals surface area contributed by atoms with Gasteiger partial charge in [0.05, 0.1) is 11.6 Å². The van der Waals surface area contributed by atoms with Crippen LogP contribution in [0.25, 0.3) is 11.0 Å². The molecule has 1 saturated heterocycles. The number of nitrogens with one attached hydrogen (secondary N) is 1. The Morgan fingerprint density at radius 1 is 1.32 bits per heavy atom. The van der Waals surface area contributed by atoms with Gasteiger partial charge in [-0.1, -0.05) is 13.8 Å². The minimum atomic E-state index is 0.306. The average Bonchev–Trinajstić information content (AvgIpc) is 3.06. The van der Waals surface area contributed by atoms with Crippen molar-refractivity contribution in [3.05, 3.63) is 12.0 Å². The molecule has 0 saturated carbocycles. The zero-order chi connectivity index (χ0) is 15.7. The number of hydrogen-bond acceptors (Lipinski definition) is 5. The zero-order valence-electron chi connectivity index (χ0n) is 14.0. The highest BCUT2D eigenvalue weighted by Gasteiger charge is 2.20. The zero-order valence-corrected chi connectivity index (χ0v) is 14.0. The monoisotopic (exact) mass is 302 g/mol. The molecule has 0 spiro atoms. The lowest BCUT2D eigenvalue weighted by Crippen LogP contribution is -2.27. The highest BCUT2D eigenvalue weighted by Crippen LogP contribution is 2.23. The minimum Gasteiger partial charge on any atom is -0.369 e. The van der Waals surface area contributed by atoms with Gasteiger partial charge >= 0.3 is 0 Å². The van der Waals surface area contributed by atoms with Crippen LogP contribution >= 0.6 is 0 Å². The van der Waals surface area contributed by atoms with Crippen LogP contribution < -0.4 is 5.32 Å². The highest BCUT2D eigenvalue weighted by molar-refractivity contribution is 5.86. The van der Waals surface area contributed by atoms with Crippen LogP contribution in [-0.4, -0.2) is 50.8 Å². The Morgan fingerprint density at radius 3 is 2.82 bits per heavy atom. The molecule has 2 aromatic heterocycles. The molecular formula is C16H26N6. The molecule has 0 amide bonds. The molecule has 3 rings (SSSR count). The van der Waals surface area contributed by atoms with Crippen LogP contribution in [0, 0.1) is 0 Å². The average molecular weight is 302 g/mol. The fourth-order valence-electron chi connectivity index (χ4n) is 3.13. The topological polar surface area (TPSA) is 58.9 Å². The van der Waals surface area contributed by atoms with Crippen molar-refractivity contribution in [2.24, 2.45) is 7.05 Å². The quantitative estimate of drug-likeness (QED) is 0.919. The van der Waals surface area contributed by atoms with Gasteiger partial charge < -0.3 is 10.2 Å². The van der Waals surface area contributed by atoms with Gasteiger partial charge in [-0.25, -0.2) is 9.97 Å². The van der Waals surface area contributed by atoms with E-state index in [9.17, 15) is 0 Å². The van der Waals surface area contributed by atoms with E-state index in [0.717, 1.165) is 35.6 Å². The summed E-state index contributed by atoms with van der Waals surface area (Å²) in [6, 6.07) is 0.697. The third-order valence-corrected chi connectivity index (χ3v) is 4.57. The number of anilines is 1. The molecule has 6 nitrogen and oxygen atoms in total. The third-order valence-electron chi connectivity index (χ3n) is 4.57. The number of nitrogens with zero attached hydrogens (tertiary/aromatic N) is 5. The van der Waals surface area contributed by atoms with Crippen LogP contribution in [0.4, 0.5) is 5.82 Å². The molecule has 1 N–H and O–H groups in total. The first-order chi connectivity index (χ1) is 10.6. The summed E-state index contributed by atoms with van der Waals surface area (Å²) in [4.78, 5) is 11.8. The molecule has 120 valence electrons. The number of fused-ring (bicyclic) bond motifs is 1. The van der Waals surface area contributed by atoms with Crippen LogP contribution in [0.1, 0.15) is 44.9 Å². The van der Waals surface area contributed by atoms with Crippen molar-refractivity contribution in [2.75, 3.05) is 25.5 Å². The van der Waals surface area contributed by atoms with E-state index in [1.54, 1.807) is 0 Å². The van der Waals surface area contributed by atoms with Gasteiger partial charge in [0.1, 0.15) is 11.6 Å². The number of hydrogen-bond donors (Lipinski definition) is 1. The first kappa shape index (κ1) is 15.2. The van der Waals surface area contributed by atoms with Gasteiger partial charge in [0.25, 0.3) is 0 Å². The van der Waals surface area contributed by atoms with E-state index < -0.39 is 0 Å². The van der Waals surface area contributed by atoms with E-state index in [-0.39, 0.29) is 0 Å². The second-order valence-electron chi connectivity index (χ2n) is 6.58. The molecule has 1 atom stereocenters. The van der Waals surface area contributed by atoms with Crippen molar-refractivity contribution >= 4 is 16.9 Å². The summed E-state index contributed by atoms with van der Waals surface area (Å²) in [5, 5.41) is 8.84. The Kier molecular flexibility index (Phi) is 4.29. The van der Waals surface area contributed by atoms with E-state index in [1.807, 2.05) is 17.9 Å². The van der Waals surface area contributed by atoms with Crippen molar-refractivity contribution in [2.45, 2.75) is 45.1 Å². The summed E-state index contributed by atoms with van der Waals surface area (Å²) in [5.41, 5.74) is 0.902. The second-order valence-corrected chi connectivity index (χ2v) is 6.58. The smallest absolute Gasteiger partial charge is 0.163 e. The third kappa shape index (κ3) is 2.92. The second kappa shape index (κ2) is 6.20. The van der Waals surface area contributed by atoms with Crippen molar-refractivity contribution < 1.29 is 0 Å². The number of aromatic nitrogens is 4. The number of rotatable bonds is 5. The standard InChI is InChI=1S/C16H26N6/c1-11(2)14-19-15(13-10-18-22(4)16(13)20-14)17-8-7-12-6-5-9-21(12)3/h10-12H,5-9H2,1-4H3,(H,17,19,20). The highest BCUT2D eigenvalue weighted by atomic mass is 15.3. The molecule has 6 heteroatoms. The molecule has 3 heterocycles. The molecule has 1 aliphatic rings. The molecule has 0 aliphatic carbocycles. The Morgan fingerprint density at radius 2 is 2.14 bits per heavy atom. The molecule has 0 bridgehead atoms. The lowest BCUT2D eigenvalue weighted by atomic mass is 10.1. The predicted molar refractivity (Wildman–Crippen MR) is 89.2 cm³/mol. The van der Waals surface area contributed by atoms with Crippen LogP contribution in [0.3, 0.4) is 0 Å². The summed E-state index contributed by atoms with van der Waals surface area (Å²) in [6.07, 6.45) is 5.63. The molecular weight excluding hydrogens is 276 g/mol. The van der Waals surface area contributed by atoms with Crippen LogP contribution in [0.15, 0.2) is 6.20 Å². The Hall–Kier alpha value is -1.69. The Bertz CT molecular complexity index is 647. The van der Waals surface area contributed by atoms with Gasteiger partial charge in [-0.3, -0.25) is 4.68 Å². The van der Waals surface area contributed by atoms with Gasteiger partial charge in [-0.05, 0) is 32.9 Å². The largest absolute Gasteiger partial charge is 0.369 e. The maximum Gasteiger partial charge on any atom is 0.163 e. The Labute approximate surface area is 131 Å². The maximum absolute atomic E-state index is 4.71. The van der Waals surface area contributed by atoms with Gasteiger partial charge in [0.2, 0.25) is 0 Å². The van der Waals surface area contributed by atoms with Crippen molar-refractivity contribution in [3.63, 3.8) is 0 Å². The fourth-order valence-corrected chi connectivity index (χ4v) is 3.13. The SMILES string of the molecule is CC(C)c1nc(NCCC2CCCN2C)c2cnn(C)c2n1. The molecule has 1 aliphatic heterocycles. The summed E-state index contributed by atoms with van der Waals surface area (Å²) in [5.74, 6) is 2.10. The summed E-state index contributed by atoms with van der Waals surface area (Å²) >= 11 is 0. The molecule has 1 fully saturated rings. The minimum absolute atomic E-state index is 0.306. The molecule has 0 aromatic carbocycles. The summed E-state index contributed by atoms with van der Waals surface area (Å²) in [6.45, 7) is 6.40. The first-order valence-electron chi connectivity index (χ1n) is 8.20. The molecule has 22 heavy (non-hydrogen) atoms. The van der Waals surface area contributed by atoms with E-state index in [2.05, 4.69) is 41.2 Å². The predicted octanol–water partition coefficient (Wildman–Crippen LogP) is 2.38. The van der Waals surface area contributed by atoms with Crippen molar-refractivity contribution in [1.29, 1.82) is 0 Å². The lowest BCUT2D eigenvalue weighted by Gasteiger charge is -2.19. The van der Waals surface area contributed by atoms with E-state index in [4.69, 9.17) is 4.98 Å². The molecule has 1 unspecified atom stereocenters. The molecule has 0 radical (unpaired) electrons. The van der Waals surface area contributed by atoms with Crippen molar-refractivity contribution in [1.82, 2.24) is 24.6 Å². The first-order valence-corrected chi connectivity index (χ1v) is 8.20. The Balaban J connectivity index is 1.77. The van der Waals surface area contributed by atoms with Crippen molar-refractivity contribution in [3.8, 4) is 0 Å². The number of likely N-dealkylation sites (tertiary alicyclic amines) is 1. The fraction of sp³-hybridized carbons (Fsp3) is 0.688. The van der Waals surface area contributed by atoms with Gasteiger partial charge in [0, 0.05) is 25.6 Å². The molecule has 2 aromatic rings. The van der Waals surface area contributed by atoms with E-state index >= 15 is 0 Å². The van der Waals surface area contributed by atoms with Crippen LogP contribution in [-0.2, 0) is 7.05 Å². The van der Waals surface area contributed by atoms with E-state index in [1.165, 1.54) is 19.4 Å². The van der Waals surface area contributed by atoms with Crippen LogP contribution in [0.2, 0.25) is 0 Å². The lowest BCUT2D eigenvalue weighted by molar-refractivity contribution is 0.301. The van der Waals surface area contributed by atoms with Gasteiger partial charge in [-0.15, -0.1) is 0 Å². The van der Waals surface area contributed by atoms with Gasteiger partial charge in [-0.2, -0.15) is 5.10 Å². The summed E-state index contributed by atoms with van der Waals surface area (Å²) in [7, 11) is 4.15.